The van der Waals surface area contributed by atoms with Gasteiger partial charge in [0.2, 0.25) is 0 Å². The van der Waals surface area contributed by atoms with E-state index >= 15 is 0 Å². The zero-order chi connectivity index (χ0) is 13.1. The van der Waals surface area contributed by atoms with E-state index in [0.29, 0.717) is 0 Å². The van der Waals surface area contributed by atoms with Crippen molar-refractivity contribution in [2.24, 2.45) is 0 Å². The normalized spacial score (nSPS) is 10.9. The number of fused-ring (bicyclic) bond motifs is 1. The van der Waals surface area contributed by atoms with Gasteiger partial charge in [-0.15, -0.1) is 0 Å². The average Bonchev–Trinajstić information content (AvgIpc) is 2.74. The molecule has 0 saturated heterocycles. The van der Waals surface area contributed by atoms with Crippen LogP contribution in [0.2, 0.25) is 0 Å². The molecule has 0 aliphatic carbocycles. The smallest absolute Gasteiger partial charge is 0.0489 e. The van der Waals surface area contributed by atoms with E-state index in [1.54, 1.807) is 0 Å². The lowest BCUT2D eigenvalue weighted by Crippen LogP contribution is -1.89. The monoisotopic (exact) mass is 241 g/mol. The molecule has 0 amide bonds. The molecule has 0 radical (unpaired) electrons. The van der Waals surface area contributed by atoms with E-state index in [1.807, 2.05) is 0 Å². The van der Waals surface area contributed by atoms with E-state index in [-0.39, 0.29) is 0 Å². The molecule has 2 rings (SSSR count). The summed E-state index contributed by atoms with van der Waals surface area (Å²) in [5.74, 6) is 0. The van der Waals surface area contributed by atoms with Gasteiger partial charge in [0.1, 0.15) is 0 Å². The minimum Gasteiger partial charge on any atom is -0.361 e. The van der Waals surface area contributed by atoms with Crippen LogP contribution in [0.3, 0.4) is 0 Å². The van der Waals surface area contributed by atoms with Crippen molar-refractivity contribution in [1.29, 1.82) is 0 Å². The van der Waals surface area contributed by atoms with Gasteiger partial charge in [0.25, 0.3) is 0 Å². The number of aromatic nitrogens is 1. The van der Waals surface area contributed by atoms with Crippen molar-refractivity contribution in [3.63, 3.8) is 0 Å². The van der Waals surface area contributed by atoms with E-state index in [0.717, 1.165) is 12.8 Å². The second-order valence-corrected chi connectivity index (χ2v) is 5.34. The molecule has 1 aromatic heterocycles. The average molecular weight is 241 g/mol. The van der Waals surface area contributed by atoms with Gasteiger partial charge in [-0.1, -0.05) is 37.1 Å². The highest BCUT2D eigenvalue weighted by molar-refractivity contribution is 5.89. The Morgan fingerprint density at radius 3 is 2.67 bits per heavy atom. The van der Waals surface area contributed by atoms with Crippen LogP contribution in [-0.2, 0) is 12.8 Å². The molecule has 0 bridgehead atoms. The van der Waals surface area contributed by atoms with Crippen molar-refractivity contribution in [2.45, 2.75) is 47.0 Å². The predicted molar refractivity (Wildman–Crippen MR) is 80.2 cm³/mol. The minimum atomic E-state index is 1.04. The fraction of sp³-hybridized carbons (Fsp3) is 0.412. The first kappa shape index (κ1) is 12.9. The van der Waals surface area contributed by atoms with Gasteiger partial charge in [-0.2, -0.15) is 0 Å². The molecule has 0 aliphatic heterocycles. The molecule has 1 heterocycles. The molecule has 0 saturated carbocycles. The Kier molecular flexibility index (Phi) is 3.90. The number of benzene rings is 1. The third kappa shape index (κ3) is 2.50. The molecule has 2 aromatic rings. The van der Waals surface area contributed by atoms with Crippen molar-refractivity contribution < 1.29 is 0 Å². The summed E-state index contributed by atoms with van der Waals surface area (Å²) in [5, 5.41) is 1.45. The van der Waals surface area contributed by atoms with Crippen LogP contribution in [-0.4, -0.2) is 4.98 Å². The zero-order valence-corrected chi connectivity index (χ0v) is 11.9. The molecule has 0 spiro atoms. The van der Waals surface area contributed by atoms with Gasteiger partial charge in [-0.3, -0.25) is 0 Å². The molecule has 1 aromatic carbocycles. The summed E-state index contributed by atoms with van der Waals surface area (Å²) in [7, 11) is 0. The molecule has 18 heavy (non-hydrogen) atoms. The summed E-state index contributed by atoms with van der Waals surface area (Å²) < 4.78 is 0. The highest BCUT2D eigenvalue weighted by atomic mass is 14.7. The third-order valence-corrected chi connectivity index (χ3v) is 3.46. The summed E-state index contributed by atoms with van der Waals surface area (Å²) in [5.41, 5.74) is 6.96. The van der Waals surface area contributed by atoms with Crippen LogP contribution < -0.4 is 0 Å². The second kappa shape index (κ2) is 5.43. The van der Waals surface area contributed by atoms with Crippen LogP contribution in [0.4, 0.5) is 0 Å². The van der Waals surface area contributed by atoms with Crippen LogP contribution >= 0.6 is 0 Å². The molecular formula is C17H23N. The van der Waals surface area contributed by atoms with Gasteiger partial charge >= 0.3 is 0 Å². The topological polar surface area (TPSA) is 15.8 Å². The molecule has 0 aliphatic rings. The van der Waals surface area contributed by atoms with Crippen molar-refractivity contribution in [3.8, 4) is 0 Å². The van der Waals surface area contributed by atoms with E-state index in [4.69, 9.17) is 0 Å². The van der Waals surface area contributed by atoms with Crippen molar-refractivity contribution in [3.05, 3.63) is 46.7 Å². The first-order chi connectivity index (χ1) is 8.63. The molecule has 0 unspecified atom stereocenters. The van der Waals surface area contributed by atoms with E-state index in [2.05, 4.69) is 57.1 Å². The van der Waals surface area contributed by atoms with Crippen LogP contribution in [0, 0.1) is 6.92 Å². The number of hydrogen-bond acceptors (Lipinski definition) is 0. The Balaban J connectivity index is 2.54. The maximum absolute atomic E-state index is 3.45. The van der Waals surface area contributed by atoms with Gasteiger partial charge in [-0.25, -0.2) is 0 Å². The highest BCUT2D eigenvalue weighted by Crippen LogP contribution is 2.27. The van der Waals surface area contributed by atoms with Crippen molar-refractivity contribution in [1.82, 2.24) is 4.98 Å². The fourth-order valence-electron chi connectivity index (χ4n) is 2.48. The molecule has 0 fully saturated rings. The SMILES string of the molecule is CCCc1c[nH]c2c(C)ccc(CC=C(C)C)c12. The summed E-state index contributed by atoms with van der Waals surface area (Å²) in [4.78, 5) is 3.45. The first-order valence-corrected chi connectivity index (χ1v) is 6.85. The second-order valence-electron chi connectivity index (χ2n) is 5.34. The maximum atomic E-state index is 3.45. The van der Waals surface area contributed by atoms with E-state index in [9.17, 15) is 0 Å². The standard InChI is InChI=1S/C17H23N/c1-5-6-15-11-18-17-13(4)8-10-14(16(15)17)9-7-12(2)3/h7-8,10-11,18H,5-6,9H2,1-4H3. The summed E-state index contributed by atoms with van der Waals surface area (Å²) in [6.45, 7) is 8.74. The Bertz CT molecular complexity index is 569. The summed E-state index contributed by atoms with van der Waals surface area (Å²) in [6.07, 6.45) is 7.89. The van der Waals surface area contributed by atoms with Gasteiger partial charge < -0.3 is 4.98 Å². The zero-order valence-electron chi connectivity index (χ0n) is 11.9. The van der Waals surface area contributed by atoms with E-state index < -0.39 is 0 Å². The lowest BCUT2D eigenvalue weighted by Gasteiger charge is -2.06. The Morgan fingerprint density at radius 2 is 2.00 bits per heavy atom. The lowest BCUT2D eigenvalue weighted by atomic mass is 9.98. The lowest BCUT2D eigenvalue weighted by molar-refractivity contribution is 0.928. The molecule has 0 atom stereocenters. The van der Waals surface area contributed by atoms with Crippen molar-refractivity contribution >= 4 is 10.9 Å². The number of aromatic amines is 1. The molecule has 1 N–H and O–H groups in total. The summed E-state index contributed by atoms with van der Waals surface area (Å²) in [6, 6.07) is 4.51. The van der Waals surface area contributed by atoms with Gasteiger partial charge in [-0.05, 0) is 50.3 Å². The van der Waals surface area contributed by atoms with E-state index in [1.165, 1.54) is 39.6 Å². The number of nitrogens with one attached hydrogen (secondary N) is 1. The molecular weight excluding hydrogens is 218 g/mol. The predicted octanol–water partition coefficient (Wildman–Crippen LogP) is 4.94. The Hall–Kier alpha value is -1.50. The van der Waals surface area contributed by atoms with Gasteiger partial charge in [0.05, 0.1) is 0 Å². The van der Waals surface area contributed by atoms with Gasteiger partial charge in [0, 0.05) is 17.1 Å². The maximum Gasteiger partial charge on any atom is 0.0489 e. The molecule has 1 nitrogen and oxygen atoms in total. The quantitative estimate of drug-likeness (QED) is 0.730. The summed E-state index contributed by atoms with van der Waals surface area (Å²) >= 11 is 0. The van der Waals surface area contributed by atoms with Crippen LogP contribution in [0.15, 0.2) is 30.0 Å². The highest BCUT2D eigenvalue weighted by Gasteiger charge is 2.09. The van der Waals surface area contributed by atoms with Crippen molar-refractivity contribution in [2.75, 3.05) is 0 Å². The Labute approximate surface area is 110 Å². The van der Waals surface area contributed by atoms with Crippen LogP contribution in [0.1, 0.15) is 43.9 Å². The Morgan fingerprint density at radius 1 is 1.22 bits per heavy atom. The van der Waals surface area contributed by atoms with Crippen LogP contribution in [0.25, 0.3) is 10.9 Å². The molecule has 1 heteroatoms. The fourth-order valence-corrected chi connectivity index (χ4v) is 2.48. The largest absolute Gasteiger partial charge is 0.361 e. The minimum absolute atomic E-state index is 1.04. The third-order valence-electron chi connectivity index (χ3n) is 3.46. The van der Waals surface area contributed by atoms with Crippen LogP contribution in [0.5, 0.6) is 0 Å². The van der Waals surface area contributed by atoms with Gasteiger partial charge in [0.15, 0.2) is 0 Å². The number of hydrogen-bond donors (Lipinski definition) is 1. The first-order valence-electron chi connectivity index (χ1n) is 6.85. The number of H-pyrrole nitrogens is 1. The molecule has 96 valence electrons. The number of allylic oxidation sites excluding steroid dienone is 2. The number of aryl methyl sites for hydroxylation is 2. The number of rotatable bonds is 4.